The summed E-state index contributed by atoms with van der Waals surface area (Å²) in [6.07, 6.45) is 1.67. The van der Waals surface area contributed by atoms with Gasteiger partial charge in [0.1, 0.15) is 9.88 Å². The van der Waals surface area contributed by atoms with Crippen LogP contribution in [-0.2, 0) is 0 Å². The first-order valence-electron chi connectivity index (χ1n) is 6.96. The Balaban J connectivity index is 2.36. The topological polar surface area (TPSA) is 127 Å². The Bertz CT molecular complexity index is 557. The number of amides is 2. The Labute approximate surface area is 127 Å². The molecule has 116 valence electrons. The number of nitrogen functional groups attached to an aromatic ring is 1. The second-order valence-electron chi connectivity index (χ2n) is 5.14. The van der Waals surface area contributed by atoms with E-state index in [9.17, 15) is 9.59 Å². The van der Waals surface area contributed by atoms with Crippen LogP contribution in [0.15, 0.2) is 0 Å². The van der Waals surface area contributed by atoms with Crippen molar-refractivity contribution in [2.45, 2.75) is 25.8 Å². The minimum absolute atomic E-state index is 0.0615. The summed E-state index contributed by atoms with van der Waals surface area (Å²) in [5.41, 5.74) is 17.7. The minimum Gasteiger partial charge on any atom is -0.397 e. The lowest BCUT2D eigenvalue weighted by molar-refractivity contribution is 0.0958. The van der Waals surface area contributed by atoms with Gasteiger partial charge in [-0.25, -0.2) is 0 Å². The zero-order valence-corrected chi connectivity index (χ0v) is 12.8. The first-order valence-corrected chi connectivity index (χ1v) is 7.78. The first-order chi connectivity index (χ1) is 9.95. The van der Waals surface area contributed by atoms with Crippen LogP contribution in [0.3, 0.4) is 0 Å². The second kappa shape index (κ2) is 6.31. The molecule has 8 heteroatoms. The van der Waals surface area contributed by atoms with Gasteiger partial charge >= 0.3 is 0 Å². The molecule has 0 aliphatic carbocycles. The van der Waals surface area contributed by atoms with Crippen LogP contribution >= 0.6 is 11.3 Å². The number of anilines is 2. The summed E-state index contributed by atoms with van der Waals surface area (Å²) in [6, 6.07) is 0.0615. The fourth-order valence-electron chi connectivity index (χ4n) is 2.35. The van der Waals surface area contributed by atoms with Crippen molar-refractivity contribution in [3.8, 4) is 0 Å². The number of primary amides is 1. The van der Waals surface area contributed by atoms with Gasteiger partial charge in [-0.1, -0.05) is 6.92 Å². The number of carbonyl (C=O) groups excluding carboxylic acids is 2. The average Bonchev–Trinajstić information content (AvgIpc) is 2.99. The van der Waals surface area contributed by atoms with Crippen molar-refractivity contribution in [3.63, 3.8) is 0 Å². The van der Waals surface area contributed by atoms with Crippen molar-refractivity contribution in [2.24, 2.45) is 11.5 Å². The molecule has 1 aliphatic heterocycles. The van der Waals surface area contributed by atoms with E-state index in [1.807, 2.05) is 11.8 Å². The Morgan fingerprint density at radius 3 is 2.71 bits per heavy atom. The third-order valence-electron chi connectivity index (χ3n) is 3.43. The molecule has 7 N–H and O–H groups in total. The SMILES string of the molecule is CCCNC(=O)c1sc(N2CCC(N)C2)c(C(N)=O)c1N. The van der Waals surface area contributed by atoms with Crippen LogP contribution in [0, 0.1) is 0 Å². The maximum atomic E-state index is 12.1. The van der Waals surface area contributed by atoms with Gasteiger partial charge in [-0.2, -0.15) is 0 Å². The molecule has 2 heterocycles. The standard InChI is InChI=1S/C13H21N5O2S/c1-2-4-17-12(20)10-9(15)8(11(16)19)13(21-10)18-5-3-7(14)6-18/h7H,2-6,14-15H2,1H3,(H2,16,19)(H,17,20). The summed E-state index contributed by atoms with van der Waals surface area (Å²) in [6.45, 7) is 3.89. The van der Waals surface area contributed by atoms with Crippen LogP contribution in [0.1, 0.15) is 39.8 Å². The molecule has 21 heavy (non-hydrogen) atoms. The van der Waals surface area contributed by atoms with Gasteiger partial charge in [0.25, 0.3) is 11.8 Å². The summed E-state index contributed by atoms with van der Waals surface area (Å²) in [7, 11) is 0. The average molecular weight is 311 g/mol. The van der Waals surface area contributed by atoms with Crippen LogP contribution < -0.4 is 27.4 Å². The number of hydrogen-bond acceptors (Lipinski definition) is 6. The van der Waals surface area contributed by atoms with E-state index < -0.39 is 5.91 Å². The summed E-state index contributed by atoms with van der Waals surface area (Å²) in [5.74, 6) is -0.884. The van der Waals surface area contributed by atoms with Crippen LogP contribution in [0.25, 0.3) is 0 Å². The number of nitrogens with zero attached hydrogens (tertiary/aromatic N) is 1. The molecule has 0 radical (unpaired) electrons. The zero-order chi connectivity index (χ0) is 15.6. The van der Waals surface area contributed by atoms with Gasteiger partial charge in [-0.05, 0) is 12.8 Å². The molecule has 1 atom stereocenters. The van der Waals surface area contributed by atoms with Crippen molar-refractivity contribution in [1.82, 2.24) is 5.32 Å². The number of hydrogen-bond donors (Lipinski definition) is 4. The fraction of sp³-hybridized carbons (Fsp3) is 0.538. The molecule has 1 aromatic rings. The summed E-state index contributed by atoms with van der Waals surface area (Å²) >= 11 is 1.20. The molecule has 0 bridgehead atoms. The summed E-state index contributed by atoms with van der Waals surface area (Å²) in [5, 5.41) is 3.41. The van der Waals surface area contributed by atoms with Gasteiger partial charge in [0.15, 0.2) is 0 Å². The van der Waals surface area contributed by atoms with Crippen LogP contribution in [-0.4, -0.2) is 37.5 Å². The van der Waals surface area contributed by atoms with Crippen LogP contribution in [0.4, 0.5) is 10.7 Å². The Kier molecular flexibility index (Phi) is 4.69. The normalized spacial score (nSPS) is 18.0. The maximum Gasteiger partial charge on any atom is 0.263 e. The highest BCUT2D eigenvalue weighted by atomic mass is 32.1. The number of carbonyl (C=O) groups is 2. The number of rotatable bonds is 5. The maximum absolute atomic E-state index is 12.1. The third kappa shape index (κ3) is 3.11. The number of thiophene rings is 1. The van der Waals surface area contributed by atoms with E-state index in [-0.39, 0.29) is 23.2 Å². The highest BCUT2D eigenvalue weighted by molar-refractivity contribution is 7.19. The lowest BCUT2D eigenvalue weighted by Gasteiger charge is -2.16. The Hall–Kier alpha value is -1.80. The molecule has 2 amide bonds. The summed E-state index contributed by atoms with van der Waals surface area (Å²) in [4.78, 5) is 26.1. The second-order valence-corrected chi connectivity index (χ2v) is 6.14. The van der Waals surface area contributed by atoms with E-state index in [1.54, 1.807) is 0 Å². The molecular weight excluding hydrogens is 290 g/mol. The van der Waals surface area contributed by atoms with Gasteiger partial charge in [0, 0.05) is 25.7 Å². The van der Waals surface area contributed by atoms with Crippen molar-refractivity contribution in [2.75, 3.05) is 30.3 Å². The smallest absolute Gasteiger partial charge is 0.263 e. The molecule has 1 aliphatic rings. The van der Waals surface area contributed by atoms with E-state index in [2.05, 4.69) is 5.32 Å². The van der Waals surface area contributed by atoms with Crippen LogP contribution in [0.5, 0.6) is 0 Å². The lowest BCUT2D eigenvalue weighted by atomic mass is 10.2. The van der Waals surface area contributed by atoms with E-state index in [4.69, 9.17) is 17.2 Å². The van der Waals surface area contributed by atoms with Gasteiger partial charge in [0.2, 0.25) is 0 Å². The Morgan fingerprint density at radius 1 is 1.48 bits per heavy atom. The molecule has 2 rings (SSSR count). The molecule has 0 aromatic carbocycles. The molecule has 7 nitrogen and oxygen atoms in total. The van der Waals surface area contributed by atoms with Gasteiger partial charge in [-0.15, -0.1) is 11.3 Å². The largest absolute Gasteiger partial charge is 0.397 e. The monoisotopic (exact) mass is 311 g/mol. The molecule has 1 unspecified atom stereocenters. The predicted molar refractivity (Wildman–Crippen MR) is 84.7 cm³/mol. The third-order valence-corrected chi connectivity index (χ3v) is 4.69. The van der Waals surface area contributed by atoms with Crippen molar-refractivity contribution in [3.05, 3.63) is 10.4 Å². The number of nitrogens with two attached hydrogens (primary N) is 3. The van der Waals surface area contributed by atoms with E-state index >= 15 is 0 Å². The highest BCUT2D eigenvalue weighted by Crippen LogP contribution is 2.39. The van der Waals surface area contributed by atoms with E-state index in [0.717, 1.165) is 19.4 Å². The summed E-state index contributed by atoms with van der Waals surface area (Å²) < 4.78 is 0. The first kappa shape index (κ1) is 15.6. The Morgan fingerprint density at radius 2 is 2.19 bits per heavy atom. The van der Waals surface area contributed by atoms with Gasteiger partial charge in [-0.3, -0.25) is 9.59 Å². The fourth-order valence-corrected chi connectivity index (χ4v) is 3.53. The number of nitrogens with one attached hydrogen (secondary N) is 1. The van der Waals surface area contributed by atoms with Crippen molar-refractivity contribution >= 4 is 33.8 Å². The highest BCUT2D eigenvalue weighted by Gasteiger charge is 2.30. The predicted octanol–water partition coefficient (Wildman–Crippen LogP) is 0.106. The molecule has 1 aromatic heterocycles. The van der Waals surface area contributed by atoms with Gasteiger partial charge in [0.05, 0.1) is 11.3 Å². The van der Waals surface area contributed by atoms with Gasteiger partial charge < -0.3 is 27.4 Å². The quantitative estimate of drug-likeness (QED) is 0.613. The van der Waals surface area contributed by atoms with E-state index in [0.29, 0.717) is 23.0 Å². The minimum atomic E-state index is -0.617. The molecule has 1 saturated heterocycles. The molecule has 1 fully saturated rings. The molecule has 0 spiro atoms. The van der Waals surface area contributed by atoms with E-state index in [1.165, 1.54) is 11.3 Å². The molecular formula is C13H21N5O2S. The van der Waals surface area contributed by atoms with Crippen molar-refractivity contribution in [1.29, 1.82) is 0 Å². The van der Waals surface area contributed by atoms with Crippen molar-refractivity contribution < 1.29 is 9.59 Å². The van der Waals surface area contributed by atoms with Crippen LogP contribution in [0.2, 0.25) is 0 Å². The zero-order valence-electron chi connectivity index (χ0n) is 12.0. The lowest BCUT2D eigenvalue weighted by Crippen LogP contribution is -2.27. The molecule has 0 saturated carbocycles.